The van der Waals surface area contributed by atoms with Gasteiger partial charge in [0.15, 0.2) is 16.3 Å². The number of benzene rings is 2. The topological polar surface area (TPSA) is 88.3 Å². The van der Waals surface area contributed by atoms with E-state index in [1.54, 1.807) is 18.2 Å². The smallest absolute Gasteiger partial charge is 0.337 e. The Labute approximate surface area is 256 Å². The van der Waals surface area contributed by atoms with Crippen molar-refractivity contribution in [3.63, 3.8) is 0 Å². The van der Waals surface area contributed by atoms with Crippen molar-refractivity contribution >= 4 is 68.6 Å². The van der Waals surface area contributed by atoms with Crippen molar-refractivity contribution in [2.75, 3.05) is 26.9 Å². The molecule has 0 amide bonds. The van der Waals surface area contributed by atoms with Gasteiger partial charge in [-0.2, -0.15) is 0 Å². The standard InChI is InChI=1S/C28H26I2N2O6S/c1-5-10-38-25-19(29)11-16(12-20(25)30)13-23-26(33)32-24(18(27(34)35-4)15-31-28(32)39-23)17-8-9-21(36-6-2)22(14-17)37-7-3/h5,8-9,11-15,24H,1,6-7,10H2,2-4H3/b23-13-/t24-/m1/s1. The zero-order chi connectivity index (χ0) is 28.1. The number of hydrogen-bond acceptors (Lipinski definition) is 8. The Morgan fingerprint density at radius 3 is 2.44 bits per heavy atom. The molecule has 0 aliphatic carbocycles. The van der Waals surface area contributed by atoms with E-state index in [-0.39, 0.29) is 11.1 Å². The molecule has 204 valence electrons. The highest BCUT2D eigenvalue weighted by Gasteiger charge is 2.31. The number of ether oxygens (including phenoxy) is 4. The fraction of sp³-hybridized carbons (Fsp3) is 0.250. The lowest BCUT2D eigenvalue weighted by atomic mass is 9.97. The molecular formula is C28H26I2N2O6S. The first-order valence-corrected chi connectivity index (χ1v) is 15.0. The number of thiazole rings is 1. The van der Waals surface area contributed by atoms with Crippen LogP contribution >= 0.6 is 56.5 Å². The maximum Gasteiger partial charge on any atom is 0.337 e. The van der Waals surface area contributed by atoms with E-state index in [2.05, 4.69) is 56.8 Å². The molecule has 8 nitrogen and oxygen atoms in total. The van der Waals surface area contributed by atoms with Gasteiger partial charge in [-0.05, 0) is 100 Å². The zero-order valence-electron chi connectivity index (χ0n) is 21.5. The van der Waals surface area contributed by atoms with Gasteiger partial charge in [0.25, 0.3) is 5.56 Å². The first-order chi connectivity index (χ1) is 18.8. The van der Waals surface area contributed by atoms with E-state index in [4.69, 9.17) is 18.9 Å². The second-order valence-corrected chi connectivity index (χ2v) is 11.5. The van der Waals surface area contributed by atoms with Gasteiger partial charge < -0.3 is 18.9 Å². The average molecular weight is 772 g/mol. The van der Waals surface area contributed by atoms with E-state index in [1.165, 1.54) is 29.2 Å². The lowest BCUT2D eigenvalue weighted by Crippen LogP contribution is -2.39. The van der Waals surface area contributed by atoms with Crippen LogP contribution in [0.1, 0.15) is 31.0 Å². The fourth-order valence-corrected chi connectivity index (χ4v) is 7.18. The average Bonchev–Trinajstić information content (AvgIpc) is 3.23. The van der Waals surface area contributed by atoms with Gasteiger partial charge in [-0.3, -0.25) is 9.36 Å². The van der Waals surface area contributed by atoms with E-state index in [9.17, 15) is 9.59 Å². The summed E-state index contributed by atoms with van der Waals surface area (Å²) in [4.78, 5) is 31.5. The summed E-state index contributed by atoms with van der Waals surface area (Å²) in [6, 6.07) is 8.57. The molecule has 0 spiro atoms. The first-order valence-electron chi connectivity index (χ1n) is 12.0. The summed E-state index contributed by atoms with van der Waals surface area (Å²) in [6.07, 6.45) is 5.00. The number of carbonyl (C=O) groups excluding carboxylic acids is 1. The number of halogens is 2. The van der Waals surface area contributed by atoms with Crippen molar-refractivity contribution < 1.29 is 23.7 Å². The Bertz CT molecular complexity index is 1600. The van der Waals surface area contributed by atoms with Crippen LogP contribution in [-0.2, 0) is 9.53 Å². The van der Waals surface area contributed by atoms with Crippen molar-refractivity contribution in [2.24, 2.45) is 4.99 Å². The largest absolute Gasteiger partial charge is 0.490 e. The Morgan fingerprint density at radius 1 is 1.10 bits per heavy atom. The third kappa shape index (κ3) is 6.24. The van der Waals surface area contributed by atoms with Gasteiger partial charge in [0, 0.05) is 6.20 Å². The van der Waals surface area contributed by atoms with Gasteiger partial charge >= 0.3 is 5.97 Å². The highest BCUT2D eigenvalue weighted by atomic mass is 127. The molecule has 0 unspecified atom stereocenters. The summed E-state index contributed by atoms with van der Waals surface area (Å²) in [5.41, 5.74) is 1.51. The molecular weight excluding hydrogens is 746 g/mol. The van der Waals surface area contributed by atoms with Gasteiger partial charge in [0.1, 0.15) is 12.4 Å². The molecule has 0 bridgehead atoms. The van der Waals surface area contributed by atoms with Gasteiger partial charge in [-0.15, -0.1) is 0 Å². The number of methoxy groups -OCH3 is 1. The van der Waals surface area contributed by atoms with Crippen LogP contribution in [0.25, 0.3) is 6.08 Å². The molecule has 2 heterocycles. The quantitative estimate of drug-likeness (QED) is 0.170. The Morgan fingerprint density at radius 2 is 1.79 bits per heavy atom. The van der Waals surface area contributed by atoms with Crippen LogP contribution in [-0.4, -0.2) is 37.5 Å². The molecule has 1 atom stereocenters. The van der Waals surface area contributed by atoms with Crippen LogP contribution in [0.15, 0.2) is 64.5 Å². The van der Waals surface area contributed by atoms with Crippen molar-refractivity contribution in [1.82, 2.24) is 4.57 Å². The fourth-order valence-electron chi connectivity index (χ4n) is 4.08. The molecule has 11 heteroatoms. The zero-order valence-corrected chi connectivity index (χ0v) is 26.7. The minimum Gasteiger partial charge on any atom is -0.490 e. The van der Waals surface area contributed by atoms with Crippen LogP contribution in [0.2, 0.25) is 0 Å². The molecule has 1 aliphatic heterocycles. The highest BCUT2D eigenvalue weighted by molar-refractivity contribution is 14.1. The Kier molecular flexibility index (Phi) is 9.88. The van der Waals surface area contributed by atoms with Crippen LogP contribution in [0, 0.1) is 7.14 Å². The van der Waals surface area contributed by atoms with E-state index in [1.807, 2.05) is 38.1 Å². The second kappa shape index (κ2) is 13.1. The van der Waals surface area contributed by atoms with Crippen molar-refractivity contribution in [3.8, 4) is 17.2 Å². The summed E-state index contributed by atoms with van der Waals surface area (Å²) in [7, 11) is 1.31. The number of hydrogen-bond donors (Lipinski definition) is 0. The van der Waals surface area contributed by atoms with Crippen molar-refractivity contribution in [1.29, 1.82) is 0 Å². The molecule has 0 fully saturated rings. The monoisotopic (exact) mass is 772 g/mol. The number of rotatable bonds is 10. The van der Waals surface area contributed by atoms with Gasteiger partial charge in [0.05, 0.1) is 43.6 Å². The van der Waals surface area contributed by atoms with Crippen LogP contribution in [0.4, 0.5) is 0 Å². The van der Waals surface area contributed by atoms with Crippen LogP contribution < -0.4 is 29.1 Å². The van der Waals surface area contributed by atoms with Crippen LogP contribution in [0.5, 0.6) is 17.2 Å². The predicted molar refractivity (Wildman–Crippen MR) is 168 cm³/mol. The third-order valence-corrected chi connectivity index (χ3v) is 8.27. The number of nitrogens with zero attached hydrogens (tertiary/aromatic N) is 2. The minimum atomic E-state index is -0.749. The van der Waals surface area contributed by atoms with Gasteiger partial charge in [0.2, 0.25) is 0 Å². The predicted octanol–water partition coefficient (Wildman–Crippen LogP) is 4.59. The number of esters is 1. The maximum atomic E-state index is 13.8. The highest BCUT2D eigenvalue weighted by Crippen LogP contribution is 2.35. The maximum absolute atomic E-state index is 13.8. The summed E-state index contributed by atoms with van der Waals surface area (Å²) in [5, 5.41) is 0. The molecule has 0 N–H and O–H groups in total. The van der Waals surface area contributed by atoms with E-state index in [0.29, 0.717) is 46.2 Å². The van der Waals surface area contributed by atoms with Crippen LogP contribution in [0.3, 0.4) is 0 Å². The Hall–Kier alpha value is -2.65. The Balaban J connectivity index is 1.86. The normalized spacial score (nSPS) is 14.6. The summed E-state index contributed by atoms with van der Waals surface area (Å²) >= 11 is 5.69. The summed E-state index contributed by atoms with van der Waals surface area (Å²) < 4.78 is 26.2. The molecule has 0 radical (unpaired) electrons. The molecule has 0 saturated heterocycles. The molecule has 1 aromatic heterocycles. The SMILES string of the molecule is C=CCOc1c(I)cc(/C=c2\sc3n(c2=O)[C@H](c2ccc(OCC)c(OCC)c2)C(C(=O)OC)=CN=3)cc1I. The molecule has 2 aromatic carbocycles. The van der Waals surface area contributed by atoms with Crippen molar-refractivity contribution in [3.05, 3.63) is 92.7 Å². The summed E-state index contributed by atoms with van der Waals surface area (Å²) in [5.74, 6) is 1.33. The van der Waals surface area contributed by atoms with Gasteiger partial charge in [-0.1, -0.05) is 30.1 Å². The minimum absolute atomic E-state index is 0.246. The number of fused-ring (bicyclic) bond motifs is 1. The molecule has 3 aromatic rings. The number of aromatic nitrogens is 1. The van der Waals surface area contributed by atoms with E-state index in [0.717, 1.165) is 18.5 Å². The molecule has 4 rings (SSSR count). The molecule has 1 aliphatic rings. The lowest BCUT2D eigenvalue weighted by molar-refractivity contribution is -0.136. The first kappa shape index (κ1) is 29.3. The second-order valence-electron chi connectivity index (χ2n) is 8.16. The third-order valence-electron chi connectivity index (χ3n) is 5.67. The molecule has 0 saturated carbocycles. The van der Waals surface area contributed by atoms with E-state index >= 15 is 0 Å². The van der Waals surface area contributed by atoms with Crippen molar-refractivity contribution in [2.45, 2.75) is 19.9 Å². The summed E-state index contributed by atoms with van der Waals surface area (Å²) in [6.45, 7) is 8.78. The number of carbonyl (C=O) groups is 1. The van der Waals surface area contributed by atoms with E-state index < -0.39 is 12.0 Å². The van der Waals surface area contributed by atoms with Gasteiger partial charge in [-0.25, -0.2) is 9.79 Å². The molecule has 39 heavy (non-hydrogen) atoms. The lowest BCUT2D eigenvalue weighted by Gasteiger charge is -2.23.